The summed E-state index contributed by atoms with van der Waals surface area (Å²) in [6.45, 7) is 2.46. The van der Waals surface area contributed by atoms with Crippen LogP contribution in [0.4, 0.5) is 0 Å². The van der Waals surface area contributed by atoms with Gasteiger partial charge in [-0.2, -0.15) is 0 Å². The van der Waals surface area contributed by atoms with E-state index in [2.05, 4.69) is 16.4 Å². The molecule has 0 spiro atoms. The minimum Gasteiger partial charge on any atom is -0.387 e. The highest BCUT2D eigenvalue weighted by molar-refractivity contribution is 6.06. The molecule has 1 aromatic carbocycles. The van der Waals surface area contributed by atoms with E-state index in [0.29, 0.717) is 12.1 Å². The summed E-state index contributed by atoms with van der Waals surface area (Å²) in [5, 5.41) is 14.5. The average Bonchev–Trinajstić information content (AvgIpc) is 2.73. The van der Waals surface area contributed by atoms with E-state index in [4.69, 9.17) is 0 Å². The van der Waals surface area contributed by atoms with E-state index < -0.39 is 5.60 Å². The van der Waals surface area contributed by atoms with Gasteiger partial charge >= 0.3 is 0 Å². The number of aliphatic hydroxyl groups is 1. The fraction of sp³-hybridized carbons (Fsp3) is 0.550. The number of aromatic amines is 1. The molecule has 1 heterocycles. The Morgan fingerprint density at radius 2 is 2.04 bits per heavy atom. The summed E-state index contributed by atoms with van der Waals surface area (Å²) in [6, 6.07) is 5.91. The number of nitrogens with zero attached hydrogens (tertiary/aromatic N) is 1. The third kappa shape index (κ3) is 4.05. The minimum atomic E-state index is -0.958. The number of carbonyl (C=O) groups excluding carboxylic acids is 1. The number of aromatic nitrogens is 1. The SMILES string of the molecule is CN(C)CC(C)(O)CNC(=O)c1cccc2c3c([nH]c12)CCCCC3. The van der Waals surface area contributed by atoms with E-state index in [1.807, 2.05) is 31.1 Å². The van der Waals surface area contributed by atoms with Crippen molar-refractivity contribution in [3.05, 3.63) is 35.0 Å². The Morgan fingerprint density at radius 3 is 2.80 bits per heavy atom. The number of aryl methyl sites for hydroxylation is 2. The quantitative estimate of drug-likeness (QED) is 0.731. The molecule has 2 aromatic rings. The van der Waals surface area contributed by atoms with Gasteiger partial charge in [0.25, 0.3) is 5.91 Å². The van der Waals surface area contributed by atoms with Crippen molar-refractivity contribution in [2.45, 2.75) is 44.6 Å². The molecule has 1 atom stereocenters. The minimum absolute atomic E-state index is 0.138. The molecule has 0 saturated heterocycles. The predicted octanol–water partition coefficient (Wildman–Crippen LogP) is 2.48. The van der Waals surface area contributed by atoms with Crippen LogP contribution in [-0.4, -0.2) is 53.7 Å². The van der Waals surface area contributed by atoms with Crippen LogP contribution in [0.5, 0.6) is 0 Å². The number of benzene rings is 1. The number of hydrogen-bond acceptors (Lipinski definition) is 3. The Balaban J connectivity index is 1.82. The summed E-state index contributed by atoms with van der Waals surface area (Å²) in [5.41, 5.74) is 3.29. The normalized spacial score (nSPS) is 17.2. The van der Waals surface area contributed by atoms with E-state index in [1.165, 1.54) is 35.9 Å². The molecule has 1 aliphatic carbocycles. The second-order valence-electron chi connectivity index (χ2n) is 7.79. The third-order valence-electron chi connectivity index (χ3n) is 4.91. The number of para-hydroxylation sites is 1. The lowest BCUT2D eigenvalue weighted by molar-refractivity contribution is 0.0326. The van der Waals surface area contributed by atoms with Crippen molar-refractivity contribution in [2.24, 2.45) is 0 Å². The average molecular weight is 343 g/mol. The number of amides is 1. The molecule has 0 bridgehead atoms. The highest BCUT2D eigenvalue weighted by atomic mass is 16.3. The molecule has 25 heavy (non-hydrogen) atoms. The third-order valence-corrected chi connectivity index (χ3v) is 4.91. The molecule has 1 unspecified atom stereocenters. The van der Waals surface area contributed by atoms with E-state index in [9.17, 15) is 9.90 Å². The first-order valence-corrected chi connectivity index (χ1v) is 9.15. The molecule has 3 rings (SSSR count). The zero-order chi connectivity index (χ0) is 18.0. The van der Waals surface area contributed by atoms with Crippen LogP contribution in [0.25, 0.3) is 10.9 Å². The maximum Gasteiger partial charge on any atom is 0.253 e. The van der Waals surface area contributed by atoms with Gasteiger partial charge in [0.05, 0.1) is 16.7 Å². The second kappa shape index (κ2) is 7.18. The van der Waals surface area contributed by atoms with Crippen LogP contribution in [0.15, 0.2) is 18.2 Å². The highest BCUT2D eigenvalue weighted by Crippen LogP contribution is 2.30. The smallest absolute Gasteiger partial charge is 0.253 e. The number of H-pyrrole nitrogens is 1. The summed E-state index contributed by atoms with van der Waals surface area (Å²) in [4.78, 5) is 18.1. The molecule has 136 valence electrons. The number of nitrogens with one attached hydrogen (secondary N) is 2. The van der Waals surface area contributed by atoms with Gasteiger partial charge in [0, 0.05) is 24.2 Å². The zero-order valence-electron chi connectivity index (χ0n) is 15.5. The van der Waals surface area contributed by atoms with Crippen molar-refractivity contribution in [2.75, 3.05) is 27.2 Å². The van der Waals surface area contributed by atoms with Crippen molar-refractivity contribution < 1.29 is 9.90 Å². The number of fused-ring (bicyclic) bond motifs is 3. The number of carbonyl (C=O) groups is 1. The number of rotatable bonds is 5. The van der Waals surface area contributed by atoms with Gasteiger partial charge in [-0.1, -0.05) is 18.6 Å². The van der Waals surface area contributed by atoms with Crippen LogP contribution < -0.4 is 5.32 Å². The molecule has 3 N–H and O–H groups in total. The molecule has 0 fully saturated rings. The summed E-state index contributed by atoms with van der Waals surface area (Å²) >= 11 is 0. The maximum atomic E-state index is 12.7. The standard InChI is InChI=1S/C20H29N3O2/c1-20(25,13-23(2)3)12-21-19(24)16-10-7-9-15-14-8-5-4-6-11-17(14)22-18(15)16/h7,9-10,22,25H,4-6,8,11-13H2,1-3H3,(H,21,24). The molecule has 1 amide bonds. The summed E-state index contributed by atoms with van der Waals surface area (Å²) in [5.74, 6) is -0.138. The van der Waals surface area contributed by atoms with Crippen molar-refractivity contribution >= 4 is 16.8 Å². The molecule has 5 heteroatoms. The molecule has 1 aromatic heterocycles. The fourth-order valence-electron chi connectivity index (χ4n) is 3.90. The first kappa shape index (κ1) is 18.0. The molecule has 0 radical (unpaired) electrons. The van der Waals surface area contributed by atoms with Gasteiger partial charge in [-0.3, -0.25) is 4.79 Å². The van der Waals surface area contributed by atoms with Gasteiger partial charge in [0.1, 0.15) is 0 Å². The fourth-order valence-corrected chi connectivity index (χ4v) is 3.90. The molecule has 0 aliphatic heterocycles. The van der Waals surface area contributed by atoms with Gasteiger partial charge < -0.3 is 20.3 Å². The topological polar surface area (TPSA) is 68.4 Å². The van der Waals surface area contributed by atoms with Crippen molar-refractivity contribution in [3.63, 3.8) is 0 Å². The van der Waals surface area contributed by atoms with Gasteiger partial charge in [-0.25, -0.2) is 0 Å². The Hall–Kier alpha value is -1.85. The van der Waals surface area contributed by atoms with Crippen LogP contribution in [0.2, 0.25) is 0 Å². The van der Waals surface area contributed by atoms with Gasteiger partial charge in [-0.15, -0.1) is 0 Å². The van der Waals surface area contributed by atoms with Gasteiger partial charge in [-0.05, 0) is 58.3 Å². The van der Waals surface area contributed by atoms with Crippen LogP contribution in [0, 0.1) is 0 Å². The first-order chi connectivity index (χ1) is 11.9. The lowest BCUT2D eigenvalue weighted by atomic mass is 10.0. The summed E-state index contributed by atoms with van der Waals surface area (Å²) in [6.07, 6.45) is 5.82. The van der Waals surface area contributed by atoms with E-state index in [0.717, 1.165) is 18.4 Å². The Morgan fingerprint density at radius 1 is 1.28 bits per heavy atom. The Labute approximate surface area is 149 Å². The Kier molecular flexibility index (Phi) is 5.16. The molecule has 0 saturated carbocycles. The van der Waals surface area contributed by atoms with Crippen LogP contribution >= 0.6 is 0 Å². The molecule has 1 aliphatic rings. The van der Waals surface area contributed by atoms with Gasteiger partial charge in [0.2, 0.25) is 0 Å². The highest BCUT2D eigenvalue weighted by Gasteiger charge is 2.24. The monoisotopic (exact) mass is 343 g/mol. The van der Waals surface area contributed by atoms with Crippen LogP contribution in [0.3, 0.4) is 0 Å². The van der Waals surface area contributed by atoms with E-state index >= 15 is 0 Å². The van der Waals surface area contributed by atoms with E-state index in [-0.39, 0.29) is 12.5 Å². The molecular formula is C20H29N3O2. The first-order valence-electron chi connectivity index (χ1n) is 9.15. The van der Waals surface area contributed by atoms with Crippen LogP contribution in [0.1, 0.15) is 47.8 Å². The lowest BCUT2D eigenvalue weighted by Gasteiger charge is -2.27. The summed E-state index contributed by atoms with van der Waals surface area (Å²) in [7, 11) is 3.81. The van der Waals surface area contributed by atoms with Crippen molar-refractivity contribution in [3.8, 4) is 0 Å². The number of hydrogen-bond donors (Lipinski definition) is 3. The molecular weight excluding hydrogens is 314 g/mol. The lowest BCUT2D eigenvalue weighted by Crippen LogP contribution is -2.47. The van der Waals surface area contributed by atoms with Gasteiger partial charge in [0.15, 0.2) is 0 Å². The summed E-state index contributed by atoms with van der Waals surface area (Å²) < 4.78 is 0. The maximum absolute atomic E-state index is 12.7. The second-order valence-corrected chi connectivity index (χ2v) is 7.79. The van der Waals surface area contributed by atoms with Crippen LogP contribution in [-0.2, 0) is 12.8 Å². The largest absolute Gasteiger partial charge is 0.387 e. The molecule has 5 nitrogen and oxygen atoms in total. The van der Waals surface area contributed by atoms with Crippen molar-refractivity contribution in [1.29, 1.82) is 0 Å². The number of likely N-dealkylation sites (N-methyl/N-ethyl adjacent to an activating group) is 1. The van der Waals surface area contributed by atoms with Crippen molar-refractivity contribution in [1.82, 2.24) is 15.2 Å². The van der Waals surface area contributed by atoms with E-state index in [1.54, 1.807) is 6.92 Å². The Bertz CT molecular complexity index is 762. The predicted molar refractivity (Wildman–Crippen MR) is 101 cm³/mol. The zero-order valence-corrected chi connectivity index (χ0v) is 15.5.